The summed E-state index contributed by atoms with van der Waals surface area (Å²) in [5.74, 6) is 0. The Morgan fingerprint density at radius 3 is 2.63 bits per heavy atom. The summed E-state index contributed by atoms with van der Waals surface area (Å²) in [6.07, 6.45) is 4.53. The highest BCUT2D eigenvalue weighted by molar-refractivity contribution is 5.89. The van der Waals surface area contributed by atoms with Crippen molar-refractivity contribution in [3.05, 3.63) is 24.3 Å². The maximum atomic E-state index is 11.9. The van der Waals surface area contributed by atoms with E-state index in [-0.39, 0.29) is 12.1 Å². The molecule has 0 radical (unpaired) electrons. The second-order valence-corrected chi connectivity index (χ2v) is 6.18. The number of nitrogen functional groups attached to an aromatic ring is 1. The molecule has 0 spiro atoms. The van der Waals surface area contributed by atoms with Crippen LogP contribution in [0, 0.1) is 5.41 Å². The van der Waals surface area contributed by atoms with Crippen LogP contribution < -0.4 is 16.4 Å². The minimum Gasteiger partial charge on any atom is -0.399 e. The second kappa shape index (κ2) is 5.51. The summed E-state index contributed by atoms with van der Waals surface area (Å²) >= 11 is 0. The van der Waals surface area contributed by atoms with Crippen molar-refractivity contribution in [1.29, 1.82) is 0 Å². The van der Waals surface area contributed by atoms with E-state index in [1.807, 2.05) is 0 Å². The van der Waals surface area contributed by atoms with Crippen molar-refractivity contribution in [2.75, 3.05) is 11.1 Å². The van der Waals surface area contributed by atoms with E-state index in [2.05, 4.69) is 24.5 Å². The summed E-state index contributed by atoms with van der Waals surface area (Å²) in [6, 6.07) is 7.31. The second-order valence-electron chi connectivity index (χ2n) is 6.18. The number of carbonyl (C=O) groups is 1. The predicted molar refractivity (Wildman–Crippen MR) is 79.0 cm³/mol. The summed E-state index contributed by atoms with van der Waals surface area (Å²) in [4.78, 5) is 11.9. The summed E-state index contributed by atoms with van der Waals surface area (Å²) in [5.41, 5.74) is 7.40. The first-order valence-corrected chi connectivity index (χ1v) is 6.88. The van der Waals surface area contributed by atoms with Crippen LogP contribution in [0.3, 0.4) is 0 Å². The Balaban J connectivity index is 1.85. The Morgan fingerprint density at radius 2 is 2.00 bits per heavy atom. The summed E-state index contributed by atoms with van der Waals surface area (Å²) in [6.45, 7) is 4.53. The summed E-state index contributed by atoms with van der Waals surface area (Å²) in [7, 11) is 0. The number of carbonyl (C=O) groups excluding carboxylic acids is 1. The van der Waals surface area contributed by atoms with Gasteiger partial charge in [0.1, 0.15) is 0 Å². The van der Waals surface area contributed by atoms with Gasteiger partial charge in [0.2, 0.25) is 0 Å². The lowest BCUT2D eigenvalue weighted by Crippen LogP contribution is -2.42. The molecule has 0 heterocycles. The predicted octanol–water partition coefficient (Wildman–Crippen LogP) is 3.36. The average Bonchev–Trinajstić information content (AvgIpc) is 2.30. The Hall–Kier alpha value is -1.71. The van der Waals surface area contributed by atoms with Crippen molar-refractivity contribution in [1.82, 2.24) is 5.32 Å². The van der Waals surface area contributed by atoms with E-state index in [1.54, 1.807) is 24.3 Å². The average molecular weight is 261 g/mol. The van der Waals surface area contributed by atoms with E-state index < -0.39 is 0 Å². The molecule has 4 N–H and O–H groups in total. The van der Waals surface area contributed by atoms with Gasteiger partial charge in [-0.25, -0.2) is 4.79 Å². The van der Waals surface area contributed by atoms with Gasteiger partial charge in [-0.2, -0.15) is 0 Å². The zero-order valence-electron chi connectivity index (χ0n) is 11.7. The van der Waals surface area contributed by atoms with E-state index in [0.29, 0.717) is 11.1 Å². The van der Waals surface area contributed by atoms with Crippen LogP contribution in [0.1, 0.15) is 39.5 Å². The van der Waals surface area contributed by atoms with E-state index in [4.69, 9.17) is 5.73 Å². The maximum absolute atomic E-state index is 11.9. The number of hydrogen-bond donors (Lipinski definition) is 3. The van der Waals surface area contributed by atoms with Gasteiger partial charge in [-0.3, -0.25) is 0 Å². The zero-order chi connectivity index (χ0) is 13.9. The van der Waals surface area contributed by atoms with Crippen LogP contribution in [-0.4, -0.2) is 12.1 Å². The molecule has 1 unspecified atom stereocenters. The Kier molecular flexibility index (Phi) is 3.98. The van der Waals surface area contributed by atoms with Crippen LogP contribution in [0.25, 0.3) is 0 Å². The molecule has 1 aliphatic carbocycles. The SMILES string of the molecule is CC1(C)CCCC(NC(=O)Nc2ccc(N)cc2)C1. The van der Waals surface area contributed by atoms with E-state index >= 15 is 0 Å². The van der Waals surface area contributed by atoms with Crippen LogP contribution in [0.15, 0.2) is 24.3 Å². The molecule has 1 aromatic rings. The first kappa shape index (κ1) is 13.7. The molecule has 1 atom stereocenters. The molecule has 2 rings (SSSR count). The van der Waals surface area contributed by atoms with Crippen LogP contribution in [0.2, 0.25) is 0 Å². The third kappa shape index (κ3) is 4.16. The molecular weight excluding hydrogens is 238 g/mol. The normalized spacial score (nSPS) is 21.7. The molecule has 1 fully saturated rings. The van der Waals surface area contributed by atoms with Crippen LogP contribution >= 0.6 is 0 Å². The molecule has 0 aliphatic heterocycles. The van der Waals surface area contributed by atoms with Crippen LogP contribution in [0.4, 0.5) is 16.2 Å². The number of nitrogens with one attached hydrogen (secondary N) is 2. The van der Waals surface area contributed by atoms with Gasteiger partial charge >= 0.3 is 6.03 Å². The Bertz CT molecular complexity index is 439. The van der Waals surface area contributed by atoms with Gasteiger partial charge in [-0.1, -0.05) is 20.3 Å². The lowest BCUT2D eigenvalue weighted by molar-refractivity contribution is 0.196. The molecule has 1 aliphatic rings. The third-order valence-electron chi connectivity index (χ3n) is 3.71. The molecule has 1 aromatic carbocycles. The van der Waals surface area contributed by atoms with Crippen molar-refractivity contribution >= 4 is 17.4 Å². The molecule has 0 aromatic heterocycles. The van der Waals surface area contributed by atoms with Crippen molar-refractivity contribution in [3.63, 3.8) is 0 Å². The molecule has 2 amide bonds. The number of amides is 2. The van der Waals surface area contributed by atoms with Gasteiger partial charge < -0.3 is 16.4 Å². The molecule has 4 heteroatoms. The Labute approximate surface area is 114 Å². The zero-order valence-corrected chi connectivity index (χ0v) is 11.7. The smallest absolute Gasteiger partial charge is 0.319 e. The first-order chi connectivity index (χ1) is 8.94. The monoisotopic (exact) mass is 261 g/mol. The number of anilines is 2. The minimum absolute atomic E-state index is 0.132. The van der Waals surface area contributed by atoms with Gasteiger partial charge in [0.15, 0.2) is 0 Å². The molecule has 19 heavy (non-hydrogen) atoms. The van der Waals surface area contributed by atoms with Gasteiger partial charge in [0, 0.05) is 17.4 Å². The number of nitrogens with two attached hydrogens (primary N) is 1. The lowest BCUT2D eigenvalue weighted by Gasteiger charge is -2.35. The third-order valence-corrected chi connectivity index (χ3v) is 3.71. The van der Waals surface area contributed by atoms with E-state index in [0.717, 1.165) is 18.5 Å². The molecular formula is C15H23N3O. The Morgan fingerprint density at radius 1 is 1.32 bits per heavy atom. The highest BCUT2D eigenvalue weighted by Gasteiger charge is 2.28. The van der Waals surface area contributed by atoms with Crippen molar-refractivity contribution in [2.24, 2.45) is 5.41 Å². The lowest BCUT2D eigenvalue weighted by atomic mass is 9.75. The standard InChI is InChI=1S/C15H23N3O/c1-15(2)9-3-4-13(10-15)18-14(19)17-12-7-5-11(16)6-8-12/h5-8,13H,3-4,9-10,16H2,1-2H3,(H2,17,18,19). The minimum atomic E-state index is -0.132. The molecule has 4 nitrogen and oxygen atoms in total. The molecule has 1 saturated carbocycles. The highest BCUT2D eigenvalue weighted by atomic mass is 16.2. The van der Waals surface area contributed by atoms with Crippen molar-refractivity contribution in [2.45, 2.75) is 45.6 Å². The van der Waals surface area contributed by atoms with Gasteiger partial charge in [-0.15, -0.1) is 0 Å². The summed E-state index contributed by atoms with van der Waals surface area (Å²) < 4.78 is 0. The number of benzene rings is 1. The van der Waals surface area contributed by atoms with Crippen LogP contribution in [0.5, 0.6) is 0 Å². The maximum Gasteiger partial charge on any atom is 0.319 e. The van der Waals surface area contributed by atoms with Gasteiger partial charge in [0.05, 0.1) is 0 Å². The number of rotatable bonds is 2. The largest absolute Gasteiger partial charge is 0.399 e. The van der Waals surface area contributed by atoms with Crippen molar-refractivity contribution in [3.8, 4) is 0 Å². The number of hydrogen-bond acceptors (Lipinski definition) is 2. The van der Waals surface area contributed by atoms with Crippen molar-refractivity contribution < 1.29 is 4.79 Å². The van der Waals surface area contributed by atoms with Gasteiger partial charge in [0.25, 0.3) is 0 Å². The van der Waals surface area contributed by atoms with Crippen LogP contribution in [-0.2, 0) is 0 Å². The van der Waals surface area contributed by atoms with Gasteiger partial charge in [-0.05, 0) is 48.9 Å². The van der Waals surface area contributed by atoms with E-state index in [1.165, 1.54) is 12.8 Å². The highest BCUT2D eigenvalue weighted by Crippen LogP contribution is 2.35. The molecule has 0 saturated heterocycles. The summed E-state index contributed by atoms with van der Waals surface area (Å²) in [5, 5.41) is 5.89. The van der Waals surface area contributed by atoms with E-state index in [9.17, 15) is 4.79 Å². The fourth-order valence-corrected chi connectivity index (χ4v) is 2.74. The molecule has 0 bridgehead atoms. The quantitative estimate of drug-likeness (QED) is 0.715. The topological polar surface area (TPSA) is 67.2 Å². The fraction of sp³-hybridized carbons (Fsp3) is 0.533. The fourth-order valence-electron chi connectivity index (χ4n) is 2.74. The number of urea groups is 1. The molecule has 104 valence electrons. The first-order valence-electron chi connectivity index (χ1n) is 6.88.